The molecule has 0 unspecified atom stereocenters. The molecule has 2 aromatic rings. The van der Waals surface area contributed by atoms with Gasteiger partial charge in [-0.05, 0) is 131 Å². The third kappa shape index (κ3) is 7.44. The van der Waals surface area contributed by atoms with Crippen molar-refractivity contribution in [2.45, 2.75) is 70.8 Å². The third-order valence-electron chi connectivity index (χ3n) is 12.4. The van der Waals surface area contributed by atoms with Gasteiger partial charge in [0.05, 0.1) is 18.7 Å². The van der Waals surface area contributed by atoms with E-state index in [-0.39, 0.29) is 23.1 Å². The maximum atomic E-state index is 15.0. The maximum Gasteiger partial charge on any atom is 0.305 e. The van der Waals surface area contributed by atoms with Crippen molar-refractivity contribution in [1.29, 1.82) is 5.26 Å². The normalized spacial score (nSPS) is 23.8. The molecule has 2 aromatic carbocycles. The molecule has 4 fully saturated rings. The molecular weight excluding hydrogens is 601 g/mol. The number of hydrogen-bond donors (Lipinski definition) is 0. The Morgan fingerprint density at radius 3 is 2.42 bits per heavy atom. The van der Waals surface area contributed by atoms with Crippen LogP contribution < -0.4 is 4.90 Å². The molecule has 6 rings (SSSR count). The van der Waals surface area contributed by atoms with Crippen LogP contribution in [0.1, 0.15) is 75.5 Å². The number of benzene rings is 2. The summed E-state index contributed by atoms with van der Waals surface area (Å²) in [6, 6.07) is 16.2. The molecular formula is C40H56FN5O2. The minimum atomic E-state index is -0.171. The average Bonchev–Trinajstić information content (AvgIpc) is 3.53. The first-order valence-electron chi connectivity index (χ1n) is 18.6. The standard InChI is InChI=1S/C40H56FN5O2/c1-4-43(5-2)28-33-21-37(14-13-32(33)24-42)46-26-30(27-46)25-44-19-15-34(16-20-44)40(29-45-17-8-18-45,35-10-7-11-36(41)23-35)38-12-6-9-31(38)22-39(47)48-3/h7,10-11,13-14,21,23,30-31,34,38H,4-6,8-9,12,15-20,22,25-29H2,1-3H3/t31-,38+,40+/m1/s1. The topological polar surface area (TPSA) is 63.1 Å². The van der Waals surface area contributed by atoms with Gasteiger partial charge in [-0.2, -0.15) is 5.26 Å². The number of anilines is 1. The molecule has 3 heterocycles. The van der Waals surface area contributed by atoms with Gasteiger partial charge in [0.1, 0.15) is 5.82 Å². The lowest BCUT2D eigenvalue weighted by molar-refractivity contribution is -0.142. The van der Waals surface area contributed by atoms with E-state index in [2.05, 4.69) is 57.7 Å². The Labute approximate surface area is 288 Å². The van der Waals surface area contributed by atoms with Crippen molar-refractivity contribution in [3.8, 4) is 6.07 Å². The molecule has 7 nitrogen and oxygen atoms in total. The summed E-state index contributed by atoms with van der Waals surface area (Å²) in [5.74, 6) is 1.43. The zero-order valence-electron chi connectivity index (χ0n) is 29.5. The number of ether oxygens (including phenoxy) is 1. The van der Waals surface area contributed by atoms with Gasteiger partial charge < -0.3 is 19.4 Å². The molecule has 4 aliphatic rings. The molecule has 1 aliphatic carbocycles. The summed E-state index contributed by atoms with van der Waals surface area (Å²) in [5, 5.41) is 9.70. The molecule has 0 spiro atoms. The maximum absolute atomic E-state index is 15.0. The summed E-state index contributed by atoms with van der Waals surface area (Å²) in [6.07, 6.45) is 7.16. The van der Waals surface area contributed by atoms with Crippen molar-refractivity contribution in [3.63, 3.8) is 0 Å². The number of esters is 1. The average molecular weight is 658 g/mol. The molecule has 3 atom stereocenters. The molecule has 260 valence electrons. The Morgan fingerprint density at radius 1 is 1.00 bits per heavy atom. The molecule has 0 N–H and O–H groups in total. The zero-order chi connectivity index (χ0) is 33.7. The van der Waals surface area contributed by atoms with E-state index in [4.69, 9.17) is 4.74 Å². The zero-order valence-corrected chi connectivity index (χ0v) is 29.5. The summed E-state index contributed by atoms with van der Waals surface area (Å²) >= 11 is 0. The van der Waals surface area contributed by atoms with Gasteiger partial charge in [-0.25, -0.2) is 4.39 Å². The number of piperidine rings is 1. The molecule has 1 saturated carbocycles. The highest BCUT2D eigenvalue weighted by molar-refractivity contribution is 5.69. The van der Waals surface area contributed by atoms with Crippen LogP contribution >= 0.6 is 0 Å². The van der Waals surface area contributed by atoms with E-state index in [9.17, 15) is 14.4 Å². The van der Waals surface area contributed by atoms with E-state index in [1.807, 2.05) is 18.2 Å². The van der Waals surface area contributed by atoms with Gasteiger partial charge in [-0.3, -0.25) is 9.69 Å². The van der Waals surface area contributed by atoms with E-state index in [1.54, 1.807) is 6.07 Å². The lowest BCUT2D eigenvalue weighted by Crippen LogP contribution is -2.58. The first kappa shape index (κ1) is 34.9. The molecule has 0 bridgehead atoms. The molecule has 48 heavy (non-hydrogen) atoms. The predicted octanol–water partition coefficient (Wildman–Crippen LogP) is 6.31. The number of hydrogen-bond acceptors (Lipinski definition) is 7. The summed E-state index contributed by atoms with van der Waals surface area (Å²) in [6.45, 7) is 15.6. The van der Waals surface area contributed by atoms with Crippen molar-refractivity contribution in [2.24, 2.45) is 23.7 Å². The van der Waals surface area contributed by atoms with Crippen molar-refractivity contribution >= 4 is 11.7 Å². The summed E-state index contributed by atoms with van der Waals surface area (Å²) in [7, 11) is 1.50. The van der Waals surface area contributed by atoms with Crippen molar-refractivity contribution in [2.75, 3.05) is 77.5 Å². The number of nitrogens with zero attached hydrogens (tertiary/aromatic N) is 5. The molecule has 3 aliphatic heterocycles. The Morgan fingerprint density at radius 2 is 1.77 bits per heavy atom. The number of halogens is 1. The number of nitriles is 1. The Hall–Kier alpha value is -2.99. The van der Waals surface area contributed by atoms with Crippen LogP contribution in [-0.4, -0.2) is 93.2 Å². The second kappa shape index (κ2) is 15.7. The fourth-order valence-electron chi connectivity index (χ4n) is 9.63. The lowest BCUT2D eigenvalue weighted by atomic mass is 9.56. The highest BCUT2D eigenvalue weighted by Crippen LogP contribution is 2.54. The largest absolute Gasteiger partial charge is 0.469 e. The van der Waals surface area contributed by atoms with Crippen LogP contribution in [0.3, 0.4) is 0 Å². The second-order valence-corrected chi connectivity index (χ2v) is 15.0. The Balaban J connectivity index is 1.14. The van der Waals surface area contributed by atoms with Crippen LogP contribution in [0.5, 0.6) is 0 Å². The smallest absolute Gasteiger partial charge is 0.305 e. The first-order valence-corrected chi connectivity index (χ1v) is 18.6. The second-order valence-electron chi connectivity index (χ2n) is 15.0. The minimum Gasteiger partial charge on any atom is -0.469 e. The van der Waals surface area contributed by atoms with E-state index in [0.29, 0.717) is 24.2 Å². The molecule has 0 amide bonds. The highest BCUT2D eigenvalue weighted by Gasteiger charge is 2.53. The van der Waals surface area contributed by atoms with Crippen molar-refractivity contribution in [3.05, 3.63) is 65.0 Å². The van der Waals surface area contributed by atoms with E-state index < -0.39 is 0 Å². The van der Waals surface area contributed by atoms with Gasteiger partial charge in [-0.1, -0.05) is 32.4 Å². The molecule has 0 aromatic heterocycles. The van der Waals surface area contributed by atoms with Crippen LogP contribution in [0.15, 0.2) is 42.5 Å². The number of rotatable bonds is 14. The van der Waals surface area contributed by atoms with Crippen molar-refractivity contribution < 1.29 is 13.9 Å². The minimum absolute atomic E-state index is 0.116. The van der Waals surface area contributed by atoms with E-state index in [1.165, 1.54) is 19.2 Å². The third-order valence-corrected chi connectivity index (χ3v) is 12.4. The van der Waals surface area contributed by atoms with Gasteiger partial charge >= 0.3 is 5.97 Å². The van der Waals surface area contributed by atoms with Gasteiger partial charge in [0, 0.05) is 56.2 Å². The number of carbonyl (C=O) groups is 1. The van der Waals surface area contributed by atoms with Gasteiger partial charge in [-0.15, -0.1) is 0 Å². The first-order chi connectivity index (χ1) is 23.4. The van der Waals surface area contributed by atoms with Crippen LogP contribution in [0, 0.1) is 40.8 Å². The van der Waals surface area contributed by atoms with Crippen LogP contribution in [0.4, 0.5) is 10.1 Å². The number of likely N-dealkylation sites (tertiary alicyclic amines) is 2. The summed E-state index contributed by atoms with van der Waals surface area (Å²) in [5.41, 5.74) is 4.11. The predicted molar refractivity (Wildman–Crippen MR) is 189 cm³/mol. The molecule has 8 heteroatoms. The quantitative estimate of drug-likeness (QED) is 0.221. The van der Waals surface area contributed by atoms with E-state index in [0.717, 1.165) is 121 Å². The highest BCUT2D eigenvalue weighted by atomic mass is 19.1. The fraction of sp³-hybridized carbons (Fsp3) is 0.650. The van der Waals surface area contributed by atoms with Gasteiger partial charge in [0.25, 0.3) is 0 Å². The van der Waals surface area contributed by atoms with Crippen LogP contribution in [0.2, 0.25) is 0 Å². The van der Waals surface area contributed by atoms with Crippen molar-refractivity contribution in [1.82, 2.24) is 14.7 Å². The molecule has 3 saturated heterocycles. The monoisotopic (exact) mass is 657 g/mol. The fourth-order valence-corrected chi connectivity index (χ4v) is 9.63. The van der Waals surface area contributed by atoms with Gasteiger partial charge in [0.2, 0.25) is 0 Å². The van der Waals surface area contributed by atoms with E-state index >= 15 is 0 Å². The van der Waals surface area contributed by atoms with Crippen LogP contribution in [0.25, 0.3) is 0 Å². The number of methoxy groups -OCH3 is 1. The van der Waals surface area contributed by atoms with Gasteiger partial charge in [0.15, 0.2) is 0 Å². The summed E-state index contributed by atoms with van der Waals surface area (Å²) in [4.78, 5) is 22.7. The summed E-state index contributed by atoms with van der Waals surface area (Å²) < 4.78 is 20.2. The lowest BCUT2D eigenvalue weighted by Gasteiger charge is -2.54. The van der Waals surface area contributed by atoms with Crippen LogP contribution in [-0.2, 0) is 21.5 Å². The number of carbonyl (C=O) groups excluding carboxylic acids is 1. The molecule has 0 radical (unpaired) electrons. The SMILES string of the molecule is CCN(CC)Cc1cc(N2CC(CN3CCC([C@@](CN4CCC4)(c4cccc(F)c4)[C@H]4CCC[C@@H]4CC(=O)OC)CC3)C2)ccc1C#N. The Bertz CT molecular complexity index is 1420. The Kier molecular flexibility index (Phi) is 11.4.